The lowest BCUT2D eigenvalue weighted by atomic mass is 10.2. The van der Waals surface area contributed by atoms with E-state index in [1.807, 2.05) is 17.0 Å². The van der Waals surface area contributed by atoms with E-state index >= 15 is 0 Å². The molecule has 4 rings (SSSR count). The average Bonchev–Trinajstić information content (AvgIpc) is 2.99. The van der Waals surface area contributed by atoms with Gasteiger partial charge in [0.05, 0.1) is 15.7 Å². The number of anilines is 2. The Kier molecular flexibility index (Phi) is 5.23. The predicted octanol–water partition coefficient (Wildman–Crippen LogP) is 4.23. The number of hydrogen-bond acceptors (Lipinski definition) is 4. The average molecular weight is 437 g/mol. The molecule has 28 heavy (non-hydrogen) atoms. The summed E-state index contributed by atoms with van der Waals surface area (Å²) in [7, 11) is 0. The number of halogens is 3. The smallest absolute Gasteiger partial charge is 0.281 e. The van der Waals surface area contributed by atoms with Crippen LogP contribution in [0, 0.1) is 0 Å². The second kappa shape index (κ2) is 7.66. The van der Waals surface area contributed by atoms with Crippen molar-refractivity contribution in [3.05, 3.63) is 69.3 Å². The third-order valence-electron chi connectivity index (χ3n) is 4.88. The molecule has 2 heterocycles. The van der Waals surface area contributed by atoms with Gasteiger partial charge in [0.1, 0.15) is 5.70 Å². The molecular weight excluding hydrogens is 421 g/mol. The van der Waals surface area contributed by atoms with Crippen LogP contribution in [-0.2, 0) is 9.59 Å². The largest absolute Gasteiger partial charge is 0.368 e. The van der Waals surface area contributed by atoms with Gasteiger partial charge in [0.2, 0.25) is 0 Å². The Morgan fingerprint density at radius 2 is 1.32 bits per heavy atom. The van der Waals surface area contributed by atoms with Crippen molar-refractivity contribution in [3.8, 4) is 0 Å². The summed E-state index contributed by atoms with van der Waals surface area (Å²) >= 11 is 18.0. The van der Waals surface area contributed by atoms with E-state index in [0.717, 1.165) is 5.69 Å². The second-order valence-electron chi connectivity index (χ2n) is 6.56. The van der Waals surface area contributed by atoms with Gasteiger partial charge in [-0.1, -0.05) is 34.8 Å². The van der Waals surface area contributed by atoms with E-state index in [1.165, 1.54) is 11.0 Å². The fourth-order valence-corrected chi connectivity index (χ4v) is 3.82. The van der Waals surface area contributed by atoms with Gasteiger partial charge in [0.25, 0.3) is 11.8 Å². The number of piperazine rings is 1. The van der Waals surface area contributed by atoms with Crippen molar-refractivity contribution in [2.24, 2.45) is 0 Å². The van der Waals surface area contributed by atoms with Crippen LogP contribution in [-0.4, -0.2) is 42.9 Å². The lowest BCUT2D eigenvalue weighted by Crippen LogP contribution is -2.47. The maximum atomic E-state index is 12.9. The van der Waals surface area contributed by atoms with Crippen molar-refractivity contribution in [2.45, 2.75) is 0 Å². The summed E-state index contributed by atoms with van der Waals surface area (Å²) in [4.78, 5) is 30.6. The van der Waals surface area contributed by atoms with Crippen LogP contribution in [0.3, 0.4) is 0 Å². The molecule has 5 nitrogen and oxygen atoms in total. The summed E-state index contributed by atoms with van der Waals surface area (Å²) < 4.78 is 0. The van der Waals surface area contributed by atoms with Crippen LogP contribution in [0.2, 0.25) is 15.1 Å². The highest BCUT2D eigenvalue weighted by Gasteiger charge is 2.36. The van der Waals surface area contributed by atoms with Crippen LogP contribution in [0.1, 0.15) is 0 Å². The van der Waals surface area contributed by atoms with Gasteiger partial charge in [-0.2, -0.15) is 0 Å². The summed E-state index contributed by atoms with van der Waals surface area (Å²) in [6, 6.07) is 12.2. The Balaban J connectivity index is 1.45. The van der Waals surface area contributed by atoms with Gasteiger partial charge in [0.15, 0.2) is 0 Å². The van der Waals surface area contributed by atoms with Crippen molar-refractivity contribution in [3.63, 3.8) is 0 Å². The van der Waals surface area contributed by atoms with E-state index < -0.39 is 0 Å². The standard InChI is InChI=1S/C20H16Cl3N3O2/c21-13-1-3-14(4-2-13)26-19(27)12-18(20(26)28)25-9-7-24(8-10-25)15-5-6-16(22)17(23)11-15/h1-6,11-12H,7-10H2. The number of amides is 2. The Hall–Kier alpha value is -2.21. The molecular formula is C20H16Cl3N3O2. The predicted molar refractivity (Wildman–Crippen MR) is 112 cm³/mol. The fourth-order valence-electron chi connectivity index (χ4n) is 3.41. The first kappa shape index (κ1) is 19.1. The fraction of sp³-hybridized carbons (Fsp3) is 0.200. The number of imide groups is 1. The number of carbonyl (C=O) groups is 2. The van der Waals surface area contributed by atoms with Gasteiger partial charge in [0, 0.05) is 43.0 Å². The summed E-state index contributed by atoms with van der Waals surface area (Å²) in [5, 5.41) is 1.58. The van der Waals surface area contributed by atoms with Crippen molar-refractivity contribution < 1.29 is 9.59 Å². The minimum atomic E-state index is -0.339. The molecule has 1 fully saturated rings. The zero-order chi connectivity index (χ0) is 19.8. The lowest BCUT2D eigenvalue weighted by Gasteiger charge is -2.37. The Morgan fingerprint density at radius 1 is 0.714 bits per heavy atom. The Labute approximate surface area is 177 Å². The maximum absolute atomic E-state index is 12.9. The van der Waals surface area contributed by atoms with Crippen LogP contribution in [0.4, 0.5) is 11.4 Å². The zero-order valence-corrected chi connectivity index (χ0v) is 17.0. The number of rotatable bonds is 3. The van der Waals surface area contributed by atoms with Crippen LogP contribution < -0.4 is 9.80 Å². The van der Waals surface area contributed by atoms with Crippen LogP contribution in [0.15, 0.2) is 54.2 Å². The van der Waals surface area contributed by atoms with Crippen molar-refractivity contribution in [2.75, 3.05) is 36.0 Å². The summed E-state index contributed by atoms with van der Waals surface area (Å²) in [5.74, 6) is -0.649. The molecule has 2 aliphatic rings. The Bertz CT molecular complexity index is 967. The van der Waals surface area contributed by atoms with E-state index in [2.05, 4.69) is 4.90 Å². The second-order valence-corrected chi connectivity index (χ2v) is 7.81. The minimum absolute atomic E-state index is 0.310. The van der Waals surface area contributed by atoms with E-state index in [-0.39, 0.29) is 11.8 Å². The molecule has 0 spiro atoms. The summed E-state index contributed by atoms with van der Waals surface area (Å²) in [5.41, 5.74) is 1.92. The quantitative estimate of drug-likeness (QED) is 0.676. The van der Waals surface area contributed by atoms with Gasteiger partial charge in [-0.3, -0.25) is 9.59 Å². The SMILES string of the molecule is O=C1C=C(N2CCN(c3ccc(Cl)c(Cl)c3)CC2)C(=O)N1c1ccc(Cl)cc1. The van der Waals surface area contributed by atoms with E-state index in [9.17, 15) is 9.59 Å². The first-order chi connectivity index (χ1) is 13.4. The molecule has 8 heteroatoms. The molecule has 0 aromatic heterocycles. The van der Waals surface area contributed by atoms with Crippen LogP contribution >= 0.6 is 34.8 Å². The Morgan fingerprint density at radius 3 is 1.96 bits per heavy atom. The number of benzene rings is 2. The maximum Gasteiger partial charge on any atom is 0.281 e. The molecule has 0 atom stereocenters. The van der Waals surface area contributed by atoms with Crippen molar-refractivity contribution in [1.82, 2.24) is 4.90 Å². The molecule has 0 radical (unpaired) electrons. The van der Waals surface area contributed by atoms with Crippen LogP contribution in [0.5, 0.6) is 0 Å². The molecule has 2 aliphatic heterocycles. The molecule has 0 saturated carbocycles. The number of nitrogens with zero attached hydrogens (tertiary/aromatic N) is 3. The number of carbonyl (C=O) groups excluding carboxylic acids is 2. The van der Waals surface area contributed by atoms with E-state index in [1.54, 1.807) is 30.3 Å². The minimum Gasteiger partial charge on any atom is -0.368 e. The number of hydrogen-bond donors (Lipinski definition) is 0. The first-order valence-corrected chi connectivity index (χ1v) is 9.88. The molecule has 2 aromatic carbocycles. The first-order valence-electron chi connectivity index (χ1n) is 8.74. The van der Waals surface area contributed by atoms with E-state index in [4.69, 9.17) is 34.8 Å². The third kappa shape index (κ3) is 3.58. The molecule has 0 aliphatic carbocycles. The molecule has 1 saturated heterocycles. The molecule has 2 aromatic rings. The molecule has 0 bridgehead atoms. The highest BCUT2D eigenvalue weighted by atomic mass is 35.5. The van der Waals surface area contributed by atoms with Crippen molar-refractivity contribution in [1.29, 1.82) is 0 Å². The molecule has 2 amide bonds. The highest BCUT2D eigenvalue weighted by Crippen LogP contribution is 2.29. The highest BCUT2D eigenvalue weighted by molar-refractivity contribution is 6.42. The molecule has 144 valence electrons. The van der Waals surface area contributed by atoms with Crippen LogP contribution in [0.25, 0.3) is 0 Å². The molecule has 0 N–H and O–H groups in total. The van der Waals surface area contributed by atoms with Crippen molar-refractivity contribution >= 4 is 58.0 Å². The summed E-state index contributed by atoms with van der Waals surface area (Å²) in [6.07, 6.45) is 1.41. The third-order valence-corrected chi connectivity index (χ3v) is 5.87. The zero-order valence-electron chi connectivity index (χ0n) is 14.7. The van der Waals surface area contributed by atoms with Gasteiger partial charge in [-0.25, -0.2) is 4.90 Å². The van der Waals surface area contributed by atoms with Gasteiger partial charge in [-0.15, -0.1) is 0 Å². The van der Waals surface area contributed by atoms with Gasteiger partial charge < -0.3 is 9.80 Å². The summed E-state index contributed by atoms with van der Waals surface area (Å²) in [6.45, 7) is 2.66. The lowest BCUT2D eigenvalue weighted by molar-refractivity contribution is -0.120. The van der Waals surface area contributed by atoms with E-state index in [0.29, 0.717) is 52.6 Å². The monoisotopic (exact) mass is 435 g/mol. The molecule has 0 unspecified atom stereocenters. The van der Waals surface area contributed by atoms with Gasteiger partial charge in [-0.05, 0) is 42.5 Å². The van der Waals surface area contributed by atoms with Gasteiger partial charge >= 0.3 is 0 Å². The topological polar surface area (TPSA) is 43.9 Å². The normalized spacial score (nSPS) is 17.4.